The third kappa shape index (κ3) is 4.41. The minimum absolute atomic E-state index is 0.0730. The number of hydrogen-bond donors (Lipinski definition) is 1. The summed E-state index contributed by atoms with van der Waals surface area (Å²) in [6.07, 6.45) is 0. The van der Waals surface area contributed by atoms with Crippen molar-refractivity contribution in [3.63, 3.8) is 0 Å². The summed E-state index contributed by atoms with van der Waals surface area (Å²) in [7, 11) is -3.62. The highest BCUT2D eigenvalue weighted by Crippen LogP contribution is 2.27. The van der Waals surface area contributed by atoms with E-state index >= 15 is 0 Å². The first-order valence-corrected chi connectivity index (χ1v) is 13.6. The number of nitrogens with two attached hydrogens (primary N) is 1. The van der Waals surface area contributed by atoms with Crippen molar-refractivity contribution in [2.45, 2.75) is 10.1 Å². The number of fused-ring (bicyclic) bond motifs is 2. The van der Waals surface area contributed by atoms with Crippen molar-refractivity contribution in [2.24, 2.45) is 0 Å². The number of hydrogen-bond acceptors (Lipinski definition) is 8. The van der Waals surface area contributed by atoms with E-state index in [4.69, 9.17) is 5.73 Å². The highest BCUT2D eigenvalue weighted by molar-refractivity contribution is 7.99. The van der Waals surface area contributed by atoms with Gasteiger partial charge in [-0.05, 0) is 34.4 Å². The average Bonchev–Trinajstić information content (AvgIpc) is 3.32. The van der Waals surface area contributed by atoms with Gasteiger partial charge in [-0.2, -0.15) is 4.31 Å². The van der Waals surface area contributed by atoms with Gasteiger partial charge in [0.2, 0.25) is 15.9 Å². The van der Waals surface area contributed by atoms with Gasteiger partial charge in [-0.25, -0.2) is 18.4 Å². The molecule has 1 amide bonds. The van der Waals surface area contributed by atoms with Crippen molar-refractivity contribution in [3.05, 3.63) is 53.9 Å². The predicted molar refractivity (Wildman–Crippen MR) is 132 cm³/mol. The first kappa shape index (κ1) is 22.1. The number of sulfonamides is 1. The van der Waals surface area contributed by atoms with Crippen molar-refractivity contribution in [1.29, 1.82) is 0 Å². The van der Waals surface area contributed by atoms with Crippen LogP contribution in [-0.4, -0.2) is 65.4 Å². The average molecular weight is 500 g/mol. The number of thiophene rings is 1. The van der Waals surface area contributed by atoms with Crippen LogP contribution in [0.4, 0.5) is 5.82 Å². The lowest BCUT2D eigenvalue weighted by molar-refractivity contribution is -0.129. The van der Waals surface area contributed by atoms with Crippen LogP contribution in [-0.2, 0) is 14.8 Å². The van der Waals surface area contributed by atoms with Crippen LogP contribution >= 0.6 is 23.1 Å². The lowest BCUT2D eigenvalue weighted by atomic mass is 10.1. The highest BCUT2D eigenvalue weighted by atomic mass is 32.2. The van der Waals surface area contributed by atoms with Crippen LogP contribution in [0.3, 0.4) is 0 Å². The van der Waals surface area contributed by atoms with Crippen LogP contribution < -0.4 is 5.73 Å². The molecule has 33 heavy (non-hydrogen) atoms. The summed E-state index contributed by atoms with van der Waals surface area (Å²) in [5.41, 5.74) is 5.97. The fourth-order valence-corrected chi connectivity index (χ4v) is 6.84. The lowest BCUT2D eigenvalue weighted by Crippen LogP contribution is -2.50. The smallest absolute Gasteiger partial charge is 0.243 e. The predicted octanol–water partition coefficient (Wildman–Crippen LogP) is 3.05. The number of benzene rings is 2. The Morgan fingerprint density at radius 2 is 1.79 bits per heavy atom. The molecule has 1 aliphatic rings. The fourth-order valence-electron chi connectivity index (χ4n) is 3.79. The van der Waals surface area contributed by atoms with E-state index < -0.39 is 10.0 Å². The number of piperazine rings is 1. The normalized spacial score (nSPS) is 15.3. The lowest BCUT2D eigenvalue weighted by Gasteiger charge is -2.34. The molecule has 0 aliphatic carbocycles. The second kappa shape index (κ2) is 8.90. The molecule has 0 atom stereocenters. The second-order valence-corrected chi connectivity index (χ2v) is 11.4. The first-order chi connectivity index (χ1) is 15.9. The van der Waals surface area contributed by atoms with Gasteiger partial charge in [0.25, 0.3) is 0 Å². The van der Waals surface area contributed by atoms with Gasteiger partial charge in [0.05, 0.1) is 16.0 Å². The number of thioether (sulfide) groups is 1. The van der Waals surface area contributed by atoms with Gasteiger partial charge in [0, 0.05) is 26.2 Å². The quantitative estimate of drug-likeness (QED) is 0.332. The molecular weight excluding hydrogens is 478 g/mol. The van der Waals surface area contributed by atoms with E-state index in [0.29, 0.717) is 24.1 Å². The SMILES string of the molecule is Nc1nc(SCC(=O)N2CCN(S(=O)(=O)c3ccc4ccccc4c3)CC2)nc2sccc12. The van der Waals surface area contributed by atoms with Crippen LogP contribution in [0.25, 0.3) is 21.0 Å². The molecule has 170 valence electrons. The number of nitrogens with zero attached hydrogens (tertiary/aromatic N) is 4. The second-order valence-electron chi connectivity index (χ2n) is 7.61. The van der Waals surface area contributed by atoms with E-state index in [1.165, 1.54) is 27.4 Å². The third-order valence-corrected chi connectivity index (χ3v) is 9.14. The molecule has 0 saturated carbocycles. The number of nitrogen functional groups attached to an aromatic ring is 1. The minimum Gasteiger partial charge on any atom is -0.383 e. The summed E-state index contributed by atoms with van der Waals surface area (Å²) in [6, 6.07) is 14.7. The van der Waals surface area contributed by atoms with Crippen LogP contribution in [0.2, 0.25) is 0 Å². The van der Waals surface area contributed by atoms with Crippen molar-refractivity contribution in [3.8, 4) is 0 Å². The molecule has 1 saturated heterocycles. The van der Waals surface area contributed by atoms with Gasteiger partial charge in [-0.1, -0.05) is 42.1 Å². The number of amides is 1. The molecule has 0 unspecified atom stereocenters. The summed E-state index contributed by atoms with van der Waals surface area (Å²) in [4.78, 5) is 24.2. The molecule has 0 spiro atoms. The Hall–Kier alpha value is -2.73. The van der Waals surface area contributed by atoms with Gasteiger partial charge in [0.1, 0.15) is 10.6 Å². The maximum atomic E-state index is 13.1. The van der Waals surface area contributed by atoms with Gasteiger partial charge in [0.15, 0.2) is 5.16 Å². The van der Waals surface area contributed by atoms with Crippen LogP contribution in [0, 0.1) is 0 Å². The molecule has 3 heterocycles. The Labute approximate surface area is 199 Å². The van der Waals surface area contributed by atoms with Crippen molar-refractivity contribution in [1.82, 2.24) is 19.2 Å². The molecule has 1 fully saturated rings. The Bertz CT molecular complexity index is 1450. The zero-order chi connectivity index (χ0) is 23.0. The number of anilines is 1. The van der Waals surface area contributed by atoms with Gasteiger partial charge < -0.3 is 10.6 Å². The summed E-state index contributed by atoms with van der Waals surface area (Å²) in [6.45, 7) is 1.21. The summed E-state index contributed by atoms with van der Waals surface area (Å²) in [5.74, 6) is 0.508. The fraction of sp³-hybridized carbons (Fsp3) is 0.227. The number of aromatic nitrogens is 2. The molecule has 0 bridgehead atoms. The maximum Gasteiger partial charge on any atom is 0.243 e. The third-order valence-electron chi connectivity index (χ3n) is 5.61. The zero-order valence-corrected chi connectivity index (χ0v) is 20.0. The largest absolute Gasteiger partial charge is 0.383 e. The van der Waals surface area contributed by atoms with E-state index in [1.54, 1.807) is 17.0 Å². The monoisotopic (exact) mass is 499 g/mol. The Balaban J connectivity index is 1.21. The van der Waals surface area contributed by atoms with Gasteiger partial charge in [-0.3, -0.25) is 4.79 Å². The van der Waals surface area contributed by atoms with Crippen molar-refractivity contribution in [2.75, 3.05) is 37.7 Å². The minimum atomic E-state index is -3.62. The van der Waals surface area contributed by atoms with E-state index in [9.17, 15) is 13.2 Å². The Kier molecular flexibility index (Phi) is 5.95. The number of carbonyl (C=O) groups is 1. The van der Waals surface area contributed by atoms with Crippen LogP contribution in [0.5, 0.6) is 0 Å². The molecule has 5 rings (SSSR count). The highest BCUT2D eigenvalue weighted by Gasteiger charge is 2.30. The van der Waals surface area contributed by atoms with Crippen molar-refractivity contribution < 1.29 is 13.2 Å². The molecule has 2 N–H and O–H groups in total. The molecule has 1 aliphatic heterocycles. The molecule has 11 heteroatoms. The van der Waals surface area contributed by atoms with Gasteiger partial charge in [-0.15, -0.1) is 11.3 Å². The maximum absolute atomic E-state index is 13.1. The molecule has 8 nitrogen and oxygen atoms in total. The topological polar surface area (TPSA) is 109 Å². The van der Waals surface area contributed by atoms with Crippen LogP contribution in [0.1, 0.15) is 0 Å². The summed E-state index contributed by atoms with van der Waals surface area (Å²) in [5, 5.41) is 5.06. The summed E-state index contributed by atoms with van der Waals surface area (Å²) >= 11 is 2.72. The van der Waals surface area contributed by atoms with E-state index in [1.807, 2.05) is 41.8 Å². The van der Waals surface area contributed by atoms with E-state index in [0.717, 1.165) is 21.0 Å². The number of rotatable bonds is 5. The molecule has 0 radical (unpaired) electrons. The summed E-state index contributed by atoms with van der Waals surface area (Å²) < 4.78 is 27.7. The Morgan fingerprint density at radius 1 is 1.03 bits per heavy atom. The molecule has 2 aromatic carbocycles. The standard InChI is InChI=1S/C22H21N5O3S3/c23-20-18-7-12-31-21(18)25-22(24-20)32-14-19(28)26-8-10-27(11-9-26)33(29,30)17-6-5-15-3-1-2-4-16(15)13-17/h1-7,12-13H,8-11,14H2,(H2,23,24,25). The van der Waals surface area contributed by atoms with E-state index in [-0.39, 0.29) is 29.6 Å². The Morgan fingerprint density at radius 3 is 2.58 bits per heavy atom. The first-order valence-electron chi connectivity index (χ1n) is 10.3. The molecular formula is C22H21N5O3S3. The van der Waals surface area contributed by atoms with E-state index in [2.05, 4.69) is 9.97 Å². The zero-order valence-electron chi connectivity index (χ0n) is 17.5. The van der Waals surface area contributed by atoms with Crippen LogP contribution in [0.15, 0.2) is 64.0 Å². The molecule has 2 aromatic heterocycles. The molecule has 4 aromatic rings. The number of carbonyl (C=O) groups excluding carboxylic acids is 1. The van der Waals surface area contributed by atoms with Crippen molar-refractivity contribution >= 4 is 65.8 Å². The van der Waals surface area contributed by atoms with Gasteiger partial charge >= 0.3 is 0 Å².